The first kappa shape index (κ1) is 17.7. The van der Waals surface area contributed by atoms with E-state index < -0.39 is 26.4 Å². The number of hydrogen-bond donors (Lipinski definition) is 2. The standard InChI is InChI=1S/C15H17FN4O3S2/c1-15(2)14(17)20-10(7-25(15,21)22)13-8(16)4-11(24-13)9-5-18-6-12(19-9)23-3/h4-6,10H,7H2,1-3H3,(H2,17,20)/t10-/m0/s1. The number of nitrogens with zero attached hydrogens (tertiary/aromatic N) is 2. The number of sulfone groups is 1. The second-order valence-corrected chi connectivity index (χ2v) is 9.80. The molecule has 2 N–H and O–H groups in total. The first-order chi connectivity index (χ1) is 11.7. The third-order valence-electron chi connectivity index (χ3n) is 4.19. The topological polar surface area (TPSA) is 105 Å². The fourth-order valence-electron chi connectivity index (χ4n) is 2.43. The van der Waals surface area contributed by atoms with E-state index in [0.717, 1.165) is 11.3 Å². The van der Waals surface area contributed by atoms with E-state index in [-0.39, 0.29) is 16.5 Å². The van der Waals surface area contributed by atoms with E-state index in [1.165, 1.54) is 39.4 Å². The molecule has 0 spiro atoms. The average molecular weight is 384 g/mol. The van der Waals surface area contributed by atoms with Gasteiger partial charge in [-0.15, -0.1) is 11.3 Å². The highest BCUT2D eigenvalue weighted by Crippen LogP contribution is 2.37. The zero-order chi connectivity index (χ0) is 18.4. The van der Waals surface area contributed by atoms with Crippen LogP contribution in [0.15, 0.2) is 18.5 Å². The Hall–Kier alpha value is -2.07. The number of rotatable bonds is 3. The van der Waals surface area contributed by atoms with Gasteiger partial charge in [-0.05, 0) is 19.9 Å². The van der Waals surface area contributed by atoms with Crippen LogP contribution in [-0.2, 0) is 9.84 Å². The van der Waals surface area contributed by atoms with Gasteiger partial charge in [-0.1, -0.05) is 0 Å². The fraction of sp³-hybridized carbons (Fsp3) is 0.400. The van der Waals surface area contributed by atoms with Crippen LogP contribution in [0.1, 0.15) is 24.8 Å². The minimum absolute atomic E-state index is 0.140. The first-order valence-electron chi connectivity index (χ1n) is 7.39. The summed E-state index contributed by atoms with van der Waals surface area (Å²) in [5.74, 6) is -0.651. The number of amidine groups is 1. The van der Waals surface area contributed by atoms with Gasteiger partial charge in [-0.3, -0.25) is 10.4 Å². The van der Waals surface area contributed by atoms with Crippen LogP contribution in [0.25, 0.3) is 10.6 Å². The Labute approximate surface area is 148 Å². The van der Waals surface area contributed by atoms with Crippen molar-refractivity contribution in [2.75, 3.05) is 12.9 Å². The van der Waals surface area contributed by atoms with Crippen LogP contribution in [0.3, 0.4) is 0 Å². The Morgan fingerprint density at radius 2 is 2.16 bits per heavy atom. The second kappa shape index (κ2) is 6.03. The fourth-order valence-corrected chi connectivity index (χ4v) is 5.05. The van der Waals surface area contributed by atoms with Crippen molar-refractivity contribution in [1.29, 1.82) is 5.41 Å². The second-order valence-electron chi connectivity index (χ2n) is 6.13. The predicted molar refractivity (Wildman–Crippen MR) is 93.3 cm³/mol. The Morgan fingerprint density at radius 3 is 2.80 bits per heavy atom. The molecule has 25 heavy (non-hydrogen) atoms. The molecule has 1 aliphatic rings. The molecule has 0 saturated carbocycles. The minimum Gasteiger partial charge on any atom is -0.480 e. The molecule has 7 nitrogen and oxygen atoms in total. The molecular formula is C15H17FN4O3S2. The van der Waals surface area contributed by atoms with Gasteiger partial charge in [0.25, 0.3) is 0 Å². The van der Waals surface area contributed by atoms with Gasteiger partial charge in [0, 0.05) is 0 Å². The quantitative estimate of drug-likeness (QED) is 0.840. The third kappa shape index (κ3) is 2.99. The summed E-state index contributed by atoms with van der Waals surface area (Å²) in [5.41, 5.74) is 0.434. The summed E-state index contributed by atoms with van der Waals surface area (Å²) in [6.45, 7) is 2.94. The molecule has 0 radical (unpaired) electrons. The Bertz CT molecular complexity index is 940. The average Bonchev–Trinajstić information content (AvgIpc) is 2.94. The SMILES string of the molecule is COc1cncc(-c2cc(F)c([C@@H]3CS(=O)(=O)C(C)(C)C(=N)N3)s2)n1. The largest absolute Gasteiger partial charge is 0.480 e. The van der Waals surface area contributed by atoms with Gasteiger partial charge in [0.05, 0.1) is 41.1 Å². The Balaban J connectivity index is 1.97. The summed E-state index contributed by atoms with van der Waals surface area (Å²) in [4.78, 5) is 8.93. The van der Waals surface area contributed by atoms with Crippen molar-refractivity contribution in [3.8, 4) is 16.5 Å². The van der Waals surface area contributed by atoms with Gasteiger partial charge >= 0.3 is 0 Å². The molecule has 2 aromatic rings. The van der Waals surface area contributed by atoms with Crippen LogP contribution in [0, 0.1) is 11.2 Å². The van der Waals surface area contributed by atoms with Crippen LogP contribution in [-0.4, -0.2) is 41.8 Å². The molecule has 0 amide bonds. The molecule has 0 aromatic carbocycles. The Kier molecular flexibility index (Phi) is 4.28. The molecule has 134 valence electrons. The van der Waals surface area contributed by atoms with Crippen molar-refractivity contribution < 1.29 is 17.5 Å². The van der Waals surface area contributed by atoms with Gasteiger partial charge in [-0.2, -0.15) is 0 Å². The van der Waals surface area contributed by atoms with E-state index in [2.05, 4.69) is 15.3 Å². The van der Waals surface area contributed by atoms with Crippen LogP contribution >= 0.6 is 11.3 Å². The lowest BCUT2D eigenvalue weighted by atomic mass is 10.1. The molecule has 1 aliphatic heterocycles. The maximum Gasteiger partial charge on any atom is 0.232 e. The van der Waals surface area contributed by atoms with E-state index in [0.29, 0.717) is 16.5 Å². The molecule has 3 heterocycles. The molecular weight excluding hydrogens is 367 g/mol. The van der Waals surface area contributed by atoms with Crippen molar-refractivity contribution >= 4 is 27.0 Å². The monoisotopic (exact) mass is 384 g/mol. The number of aromatic nitrogens is 2. The zero-order valence-corrected chi connectivity index (χ0v) is 15.5. The lowest BCUT2D eigenvalue weighted by Gasteiger charge is -2.35. The van der Waals surface area contributed by atoms with Crippen molar-refractivity contribution in [1.82, 2.24) is 15.3 Å². The summed E-state index contributed by atoms with van der Waals surface area (Å²) in [6, 6.07) is 0.490. The van der Waals surface area contributed by atoms with E-state index in [4.69, 9.17) is 10.1 Å². The third-order valence-corrected chi connectivity index (χ3v) is 7.97. The summed E-state index contributed by atoms with van der Waals surface area (Å²) >= 11 is 1.08. The lowest BCUT2D eigenvalue weighted by Crippen LogP contribution is -2.56. The van der Waals surface area contributed by atoms with Crippen LogP contribution in [0.5, 0.6) is 5.88 Å². The molecule has 0 bridgehead atoms. The number of nitrogens with one attached hydrogen (secondary N) is 2. The predicted octanol–water partition coefficient (Wildman–Crippen LogP) is 2.17. The van der Waals surface area contributed by atoms with Gasteiger partial charge in [0.2, 0.25) is 5.88 Å². The lowest BCUT2D eigenvalue weighted by molar-refractivity contribution is 0.396. The molecule has 10 heteroatoms. The molecule has 3 rings (SSSR count). The summed E-state index contributed by atoms with van der Waals surface area (Å²) in [6.07, 6.45) is 2.92. The van der Waals surface area contributed by atoms with Gasteiger partial charge in [0.1, 0.15) is 22.1 Å². The molecule has 0 unspecified atom stereocenters. The van der Waals surface area contributed by atoms with E-state index >= 15 is 0 Å². The molecule has 0 aliphatic carbocycles. The minimum atomic E-state index is -3.59. The number of methoxy groups -OCH3 is 1. The van der Waals surface area contributed by atoms with E-state index in [1.807, 2.05) is 0 Å². The van der Waals surface area contributed by atoms with Gasteiger partial charge in [0.15, 0.2) is 9.84 Å². The molecule has 2 aromatic heterocycles. The highest BCUT2D eigenvalue weighted by molar-refractivity contribution is 7.93. The molecule has 1 atom stereocenters. The van der Waals surface area contributed by atoms with Crippen molar-refractivity contribution in [2.45, 2.75) is 24.6 Å². The highest BCUT2D eigenvalue weighted by atomic mass is 32.2. The van der Waals surface area contributed by atoms with E-state index in [9.17, 15) is 12.8 Å². The number of thiophene rings is 1. The summed E-state index contributed by atoms with van der Waals surface area (Å²) < 4.78 is 43.0. The smallest absolute Gasteiger partial charge is 0.232 e. The molecule has 1 fully saturated rings. The molecule has 1 saturated heterocycles. The zero-order valence-electron chi connectivity index (χ0n) is 13.8. The van der Waals surface area contributed by atoms with Crippen molar-refractivity contribution in [3.05, 3.63) is 29.2 Å². The maximum absolute atomic E-state index is 14.5. The number of hydrogen-bond acceptors (Lipinski definition) is 7. The van der Waals surface area contributed by atoms with E-state index in [1.54, 1.807) is 0 Å². The number of ether oxygens (including phenoxy) is 1. The van der Waals surface area contributed by atoms with Crippen molar-refractivity contribution in [2.24, 2.45) is 0 Å². The van der Waals surface area contributed by atoms with Gasteiger partial charge < -0.3 is 10.1 Å². The van der Waals surface area contributed by atoms with Crippen LogP contribution < -0.4 is 10.1 Å². The van der Waals surface area contributed by atoms with Crippen LogP contribution in [0.2, 0.25) is 0 Å². The summed E-state index contributed by atoms with van der Waals surface area (Å²) in [5, 5.41) is 10.8. The van der Waals surface area contributed by atoms with Crippen molar-refractivity contribution in [3.63, 3.8) is 0 Å². The maximum atomic E-state index is 14.5. The van der Waals surface area contributed by atoms with Crippen LogP contribution in [0.4, 0.5) is 4.39 Å². The first-order valence-corrected chi connectivity index (χ1v) is 9.86. The highest BCUT2D eigenvalue weighted by Gasteiger charge is 2.46. The summed E-state index contributed by atoms with van der Waals surface area (Å²) in [7, 11) is -2.13. The van der Waals surface area contributed by atoms with Gasteiger partial charge in [-0.25, -0.2) is 17.8 Å². The number of halogens is 1. The Morgan fingerprint density at radius 1 is 1.44 bits per heavy atom. The normalized spacial score (nSPS) is 21.6.